The fourth-order valence-electron chi connectivity index (χ4n) is 6.08. The van der Waals surface area contributed by atoms with Gasteiger partial charge in [0, 0.05) is 23.0 Å². The van der Waals surface area contributed by atoms with Gasteiger partial charge in [0.15, 0.2) is 0 Å². The Labute approximate surface area is 238 Å². The second-order valence-corrected chi connectivity index (χ2v) is 10.2. The van der Waals surface area contributed by atoms with Crippen LogP contribution in [-0.2, 0) is 0 Å². The van der Waals surface area contributed by atoms with Crippen molar-refractivity contribution in [3.63, 3.8) is 0 Å². The third-order valence-electron chi connectivity index (χ3n) is 7.84. The maximum Gasteiger partial charge on any atom is 0.146 e. The standard InChI is InChI=1S/C38H25N3/c1-2-15-28(16-3-1)41-35-23-9-8-22-34(35)40-38(41)37-31-19-6-4-17-29(31)36(30-18-5-7-20-32(30)37)27-14-12-13-26(25-27)33-21-10-11-24-39-33/h1-25H. The van der Waals surface area contributed by atoms with Crippen molar-refractivity contribution in [2.45, 2.75) is 0 Å². The van der Waals surface area contributed by atoms with Gasteiger partial charge in [-0.2, -0.15) is 0 Å². The van der Waals surface area contributed by atoms with Crippen LogP contribution in [0.25, 0.3) is 72.0 Å². The van der Waals surface area contributed by atoms with Crippen LogP contribution in [-0.4, -0.2) is 14.5 Å². The summed E-state index contributed by atoms with van der Waals surface area (Å²) in [5.41, 5.74) is 8.77. The fourth-order valence-corrected chi connectivity index (χ4v) is 6.08. The van der Waals surface area contributed by atoms with Crippen molar-refractivity contribution in [2.75, 3.05) is 0 Å². The Morgan fingerprint density at radius 1 is 0.463 bits per heavy atom. The van der Waals surface area contributed by atoms with E-state index in [-0.39, 0.29) is 0 Å². The normalized spacial score (nSPS) is 11.4. The molecule has 0 N–H and O–H groups in total. The van der Waals surface area contributed by atoms with Gasteiger partial charge in [-0.1, -0.05) is 103 Å². The Bertz CT molecular complexity index is 2140. The molecule has 0 aliphatic rings. The van der Waals surface area contributed by atoms with Crippen LogP contribution in [0.15, 0.2) is 152 Å². The van der Waals surface area contributed by atoms with Gasteiger partial charge in [-0.25, -0.2) is 4.98 Å². The highest BCUT2D eigenvalue weighted by atomic mass is 15.1. The minimum Gasteiger partial charge on any atom is -0.292 e. The zero-order valence-corrected chi connectivity index (χ0v) is 22.3. The molecule has 0 radical (unpaired) electrons. The van der Waals surface area contributed by atoms with Crippen LogP contribution >= 0.6 is 0 Å². The van der Waals surface area contributed by atoms with Crippen molar-refractivity contribution in [3.05, 3.63) is 152 Å². The summed E-state index contributed by atoms with van der Waals surface area (Å²) in [6.45, 7) is 0. The predicted octanol–water partition coefficient (Wildman–Crippen LogP) is 9.73. The van der Waals surface area contributed by atoms with Crippen LogP contribution in [0.2, 0.25) is 0 Å². The molecule has 0 unspecified atom stereocenters. The molecule has 0 saturated carbocycles. The summed E-state index contributed by atoms with van der Waals surface area (Å²) < 4.78 is 2.30. The van der Waals surface area contributed by atoms with Crippen molar-refractivity contribution in [2.24, 2.45) is 0 Å². The van der Waals surface area contributed by atoms with Gasteiger partial charge in [-0.15, -0.1) is 0 Å². The molecule has 0 fully saturated rings. The fraction of sp³-hybridized carbons (Fsp3) is 0. The minimum atomic E-state index is 0.943. The van der Waals surface area contributed by atoms with Crippen LogP contribution in [0, 0.1) is 0 Å². The molecule has 0 saturated heterocycles. The lowest BCUT2D eigenvalue weighted by molar-refractivity contribution is 1.11. The Balaban J connectivity index is 1.48. The lowest BCUT2D eigenvalue weighted by atomic mass is 9.87. The smallest absolute Gasteiger partial charge is 0.146 e. The van der Waals surface area contributed by atoms with E-state index in [9.17, 15) is 0 Å². The number of imidazole rings is 1. The Morgan fingerprint density at radius 2 is 1.07 bits per heavy atom. The average molecular weight is 524 g/mol. The molecule has 8 aromatic rings. The molecule has 0 amide bonds. The molecular weight excluding hydrogens is 498 g/mol. The van der Waals surface area contributed by atoms with E-state index in [2.05, 4.69) is 143 Å². The second-order valence-electron chi connectivity index (χ2n) is 10.2. The third kappa shape index (κ3) is 3.82. The van der Waals surface area contributed by atoms with Crippen LogP contribution in [0.4, 0.5) is 0 Å². The maximum atomic E-state index is 5.27. The van der Waals surface area contributed by atoms with Gasteiger partial charge in [-0.3, -0.25) is 9.55 Å². The Kier molecular flexibility index (Phi) is 5.46. The van der Waals surface area contributed by atoms with E-state index in [0.717, 1.165) is 39.4 Å². The molecular formula is C38H25N3. The van der Waals surface area contributed by atoms with Crippen LogP contribution in [0.1, 0.15) is 0 Å². The number of hydrogen-bond acceptors (Lipinski definition) is 2. The first-order chi connectivity index (χ1) is 20.4. The van der Waals surface area contributed by atoms with E-state index in [1.807, 2.05) is 18.3 Å². The van der Waals surface area contributed by atoms with Crippen molar-refractivity contribution in [1.82, 2.24) is 14.5 Å². The molecule has 192 valence electrons. The number of para-hydroxylation sites is 3. The lowest BCUT2D eigenvalue weighted by Gasteiger charge is -2.18. The molecule has 0 bridgehead atoms. The largest absolute Gasteiger partial charge is 0.292 e. The van der Waals surface area contributed by atoms with Crippen LogP contribution < -0.4 is 0 Å². The first-order valence-electron chi connectivity index (χ1n) is 13.9. The first-order valence-corrected chi connectivity index (χ1v) is 13.9. The zero-order valence-electron chi connectivity index (χ0n) is 22.3. The van der Waals surface area contributed by atoms with Gasteiger partial charge in [0.2, 0.25) is 0 Å². The monoisotopic (exact) mass is 523 g/mol. The van der Waals surface area contributed by atoms with E-state index in [1.165, 1.54) is 32.7 Å². The summed E-state index contributed by atoms with van der Waals surface area (Å²) >= 11 is 0. The molecule has 6 aromatic carbocycles. The van der Waals surface area contributed by atoms with Crippen molar-refractivity contribution >= 4 is 32.6 Å². The van der Waals surface area contributed by atoms with Gasteiger partial charge in [-0.05, 0) is 75.1 Å². The highest BCUT2D eigenvalue weighted by Gasteiger charge is 2.22. The number of fused-ring (bicyclic) bond motifs is 3. The molecule has 0 atom stereocenters. The molecule has 8 rings (SSSR count). The molecule has 41 heavy (non-hydrogen) atoms. The lowest BCUT2D eigenvalue weighted by Crippen LogP contribution is -1.99. The molecule has 2 heterocycles. The third-order valence-corrected chi connectivity index (χ3v) is 7.84. The second kappa shape index (κ2) is 9.58. The molecule has 3 nitrogen and oxygen atoms in total. The highest BCUT2D eigenvalue weighted by molar-refractivity contribution is 6.21. The number of rotatable bonds is 4. The van der Waals surface area contributed by atoms with Crippen molar-refractivity contribution < 1.29 is 0 Å². The number of benzene rings is 6. The van der Waals surface area contributed by atoms with E-state index in [0.29, 0.717) is 0 Å². The number of aromatic nitrogens is 3. The Morgan fingerprint density at radius 3 is 1.78 bits per heavy atom. The van der Waals surface area contributed by atoms with Crippen molar-refractivity contribution in [1.29, 1.82) is 0 Å². The van der Waals surface area contributed by atoms with E-state index < -0.39 is 0 Å². The van der Waals surface area contributed by atoms with Crippen molar-refractivity contribution in [3.8, 4) is 39.5 Å². The quantitative estimate of drug-likeness (QED) is 0.215. The first kappa shape index (κ1) is 23.4. The van der Waals surface area contributed by atoms with E-state index >= 15 is 0 Å². The molecule has 0 spiro atoms. The van der Waals surface area contributed by atoms with Gasteiger partial charge in [0.1, 0.15) is 5.82 Å². The molecule has 3 heteroatoms. The van der Waals surface area contributed by atoms with Gasteiger partial charge >= 0.3 is 0 Å². The number of hydrogen-bond donors (Lipinski definition) is 0. The molecule has 0 aliphatic heterocycles. The summed E-state index contributed by atoms with van der Waals surface area (Å²) in [6, 6.07) is 51.2. The minimum absolute atomic E-state index is 0.943. The van der Waals surface area contributed by atoms with Gasteiger partial charge in [0.25, 0.3) is 0 Å². The number of nitrogens with zero attached hydrogens (tertiary/aromatic N) is 3. The summed E-state index contributed by atoms with van der Waals surface area (Å²) in [5.74, 6) is 0.943. The highest BCUT2D eigenvalue weighted by Crippen LogP contribution is 2.44. The number of pyridine rings is 1. The summed E-state index contributed by atoms with van der Waals surface area (Å²) in [6.07, 6.45) is 1.85. The van der Waals surface area contributed by atoms with Crippen LogP contribution in [0.3, 0.4) is 0 Å². The van der Waals surface area contributed by atoms with Crippen LogP contribution in [0.5, 0.6) is 0 Å². The van der Waals surface area contributed by atoms with E-state index in [1.54, 1.807) is 0 Å². The van der Waals surface area contributed by atoms with Gasteiger partial charge in [0.05, 0.1) is 16.7 Å². The molecule has 2 aromatic heterocycles. The summed E-state index contributed by atoms with van der Waals surface area (Å²) in [5, 5.41) is 4.76. The summed E-state index contributed by atoms with van der Waals surface area (Å²) in [4.78, 5) is 9.88. The summed E-state index contributed by atoms with van der Waals surface area (Å²) in [7, 11) is 0. The zero-order chi connectivity index (χ0) is 27.2. The maximum absolute atomic E-state index is 5.27. The molecule has 0 aliphatic carbocycles. The van der Waals surface area contributed by atoms with E-state index in [4.69, 9.17) is 4.98 Å². The van der Waals surface area contributed by atoms with Gasteiger partial charge < -0.3 is 0 Å². The predicted molar refractivity (Wildman–Crippen MR) is 170 cm³/mol. The topological polar surface area (TPSA) is 30.7 Å². The average Bonchev–Trinajstić information content (AvgIpc) is 3.43. The Hall–Kier alpha value is -5.54. The SMILES string of the molecule is c1ccc(-n2c(-c3c4ccccc4c(-c4cccc(-c5ccccn5)c4)c4ccccc34)nc3ccccc32)cc1.